The first kappa shape index (κ1) is 13.6. The summed E-state index contributed by atoms with van der Waals surface area (Å²) in [5.74, 6) is 0. The summed E-state index contributed by atoms with van der Waals surface area (Å²) in [6, 6.07) is 15.9. The minimum absolute atomic E-state index is 0.119. The van der Waals surface area contributed by atoms with E-state index in [1.807, 2.05) is 61.5 Å². The van der Waals surface area contributed by atoms with Crippen LogP contribution in [0.4, 0.5) is 0 Å². The van der Waals surface area contributed by atoms with E-state index in [1.54, 1.807) is 0 Å². The Balaban J connectivity index is 1.85. The predicted octanol–water partition coefficient (Wildman–Crippen LogP) is 4.18. The Hall–Kier alpha value is -1.87. The molecule has 2 bridgehead atoms. The van der Waals surface area contributed by atoms with Gasteiger partial charge in [-0.1, -0.05) is 54.1 Å². The Morgan fingerprint density at radius 1 is 1.09 bits per heavy atom. The fourth-order valence-electron chi connectivity index (χ4n) is 4.27. The summed E-state index contributed by atoms with van der Waals surface area (Å²) in [6.45, 7) is 1.84. The first-order chi connectivity index (χ1) is 11.0. The van der Waals surface area contributed by atoms with Crippen LogP contribution in [0.5, 0.6) is 0 Å². The third kappa shape index (κ3) is 1.47. The Bertz CT molecular complexity index is 892. The molecule has 3 atom stereocenters. The number of fused-ring (bicyclic) bond motifs is 3. The summed E-state index contributed by atoms with van der Waals surface area (Å²) in [7, 11) is 0. The molecule has 1 aliphatic carbocycles. The molecule has 0 saturated heterocycles. The monoisotopic (exact) mass is 322 g/mol. The third-order valence-corrected chi connectivity index (χ3v) is 5.60. The predicted molar refractivity (Wildman–Crippen MR) is 91.0 cm³/mol. The fourth-order valence-corrected chi connectivity index (χ4v) is 4.40. The van der Waals surface area contributed by atoms with Crippen molar-refractivity contribution >= 4 is 22.7 Å². The first-order valence-electron chi connectivity index (χ1n) is 7.75. The van der Waals surface area contributed by atoms with Crippen LogP contribution >= 0.6 is 11.6 Å². The van der Waals surface area contributed by atoms with Crippen molar-refractivity contribution in [2.45, 2.75) is 24.2 Å². The molecule has 2 aromatic carbocycles. The van der Waals surface area contributed by atoms with E-state index in [9.17, 15) is 5.11 Å². The van der Waals surface area contributed by atoms with Crippen LogP contribution in [-0.2, 0) is 10.3 Å². The van der Waals surface area contributed by atoms with Crippen LogP contribution in [0.15, 0.2) is 60.7 Å². The van der Waals surface area contributed by atoms with Crippen LogP contribution < -0.4 is 0 Å². The summed E-state index contributed by atoms with van der Waals surface area (Å²) < 4.78 is 6.31. The molecule has 5 rings (SSSR count). The molecule has 3 aliphatic rings. The Labute approximate surface area is 139 Å². The molecule has 0 aromatic heterocycles. The van der Waals surface area contributed by atoms with Crippen molar-refractivity contribution in [2.75, 3.05) is 0 Å². The zero-order chi connectivity index (χ0) is 15.8. The molecular weight excluding hydrogens is 308 g/mol. The minimum Gasteiger partial charge on any atom is -0.382 e. The van der Waals surface area contributed by atoms with Crippen molar-refractivity contribution in [1.82, 2.24) is 0 Å². The van der Waals surface area contributed by atoms with Gasteiger partial charge in [0.2, 0.25) is 0 Å². The minimum atomic E-state index is -1.07. The van der Waals surface area contributed by atoms with E-state index in [-0.39, 0.29) is 6.10 Å². The molecule has 0 saturated carbocycles. The SMILES string of the molecule is C[C@]1(O)c2ccccc2C2=C(c3ccc(Cl)cc3)[C@@H]3C=C[C@@]21O3. The quantitative estimate of drug-likeness (QED) is 0.798. The van der Waals surface area contributed by atoms with Gasteiger partial charge in [-0.2, -0.15) is 0 Å². The van der Waals surface area contributed by atoms with Crippen LogP contribution in [0.25, 0.3) is 11.1 Å². The molecule has 23 heavy (non-hydrogen) atoms. The lowest BCUT2D eigenvalue weighted by molar-refractivity contribution is -0.101. The van der Waals surface area contributed by atoms with E-state index < -0.39 is 11.2 Å². The van der Waals surface area contributed by atoms with E-state index in [2.05, 4.69) is 6.07 Å². The van der Waals surface area contributed by atoms with Crippen molar-refractivity contribution in [3.8, 4) is 0 Å². The largest absolute Gasteiger partial charge is 0.382 e. The summed E-state index contributed by atoms with van der Waals surface area (Å²) in [6.07, 6.45) is 3.95. The fraction of sp³-hybridized carbons (Fsp3) is 0.200. The topological polar surface area (TPSA) is 29.5 Å². The number of halogens is 1. The summed E-state index contributed by atoms with van der Waals surface area (Å²) >= 11 is 6.03. The maximum atomic E-state index is 11.3. The van der Waals surface area contributed by atoms with Crippen molar-refractivity contribution in [2.24, 2.45) is 0 Å². The van der Waals surface area contributed by atoms with Gasteiger partial charge < -0.3 is 9.84 Å². The Morgan fingerprint density at radius 2 is 1.83 bits per heavy atom. The molecule has 1 spiro atoms. The van der Waals surface area contributed by atoms with Gasteiger partial charge in [0.1, 0.15) is 17.3 Å². The van der Waals surface area contributed by atoms with Gasteiger partial charge in [-0.3, -0.25) is 0 Å². The number of benzene rings is 2. The molecule has 3 heteroatoms. The van der Waals surface area contributed by atoms with E-state index in [1.165, 1.54) is 0 Å². The van der Waals surface area contributed by atoms with Crippen LogP contribution in [0.1, 0.15) is 23.6 Å². The van der Waals surface area contributed by atoms with Gasteiger partial charge in [-0.05, 0) is 47.4 Å². The van der Waals surface area contributed by atoms with E-state index in [4.69, 9.17) is 16.3 Å². The highest BCUT2D eigenvalue weighted by Gasteiger charge is 2.64. The summed E-state index contributed by atoms with van der Waals surface area (Å²) in [4.78, 5) is 0. The zero-order valence-electron chi connectivity index (χ0n) is 12.6. The van der Waals surface area contributed by atoms with Crippen molar-refractivity contribution < 1.29 is 9.84 Å². The number of hydrogen-bond acceptors (Lipinski definition) is 2. The van der Waals surface area contributed by atoms with Gasteiger partial charge in [-0.25, -0.2) is 0 Å². The second kappa shape index (κ2) is 4.15. The molecule has 114 valence electrons. The zero-order valence-corrected chi connectivity index (χ0v) is 13.3. The molecule has 0 amide bonds. The van der Waals surface area contributed by atoms with Crippen molar-refractivity contribution in [3.05, 3.63) is 82.4 Å². The molecular formula is C20H15ClO2. The average molecular weight is 323 g/mol. The van der Waals surface area contributed by atoms with Crippen LogP contribution in [-0.4, -0.2) is 16.8 Å². The smallest absolute Gasteiger partial charge is 0.146 e. The number of ether oxygens (including phenoxy) is 1. The van der Waals surface area contributed by atoms with Crippen molar-refractivity contribution in [1.29, 1.82) is 0 Å². The molecule has 0 radical (unpaired) electrons. The second-order valence-electron chi connectivity index (χ2n) is 6.55. The molecule has 1 N–H and O–H groups in total. The number of hydrogen-bond donors (Lipinski definition) is 1. The van der Waals surface area contributed by atoms with E-state index >= 15 is 0 Å². The molecule has 0 fully saturated rings. The van der Waals surface area contributed by atoms with Gasteiger partial charge in [0.25, 0.3) is 0 Å². The third-order valence-electron chi connectivity index (χ3n) is 5.34. The Morgan fingerprint density at radius 3 is 2.61 bits per heavy atom. The lowest BCUT2D eigenvalue weighted by atomic mass is 9.79. The van der Waals surface area contributed by atoms with Crippen LogP contribution in [0.3, 0.4) is 0 Å². The normalized spacial score (nSPS) is 33.3. The maximum Gasteiger partial charge on any atom is 0.146 e. The number of rotatable bonds is 1. The lowest BCUT2D eigenvalue weighted by Gasteiger charge is -2.34. The van der Waals surface area contributed by atoms with Crippen LogP contribution in [0, 0.1) is 0 Å². The highest BCUT2D eigenvalue weighted by Crippen LogP contribution is 2.63. The molecule has 0 unspecified atom stereocenters. The van der Waals surface area contributed by atoms with E-state index in [0.29, 0.717) is 5.02 Å². The standard InChI is InChI=1S/C20H15ClO2/c1-19(22)15-5-3-2-4-14(15)18-17(12-6-8-13(21)9-7-12)16-10-11-20(18,19)23-16/h2-11,16,22H,1H3/t16-,19-,20+/m0/s1. The second-order valence-corrected chi connectivity index (χ2v) is 6.98. The molecule has 2 aliphatic heterocycles. The maximum absolute atomic E-state index is 11.3. The van der Waals surface area contributed by atoms with Crippen LogP contribution in [0.2, 0.25) is 5.02 Å². The molecule has 2 nitrogen and oxygen atoms in total. The average Bonchev–Trinajstić information content (AvgIpc) is 3.18. The first-order valence-corrected chi connectivity index (χ1v) is 8.12. The van der Waals surface area contributed by atoms with Gasteiger partial charge in [0.05, 0.1) is 0 Å². The summed E-state index contributed by atoms with van der Waals surface area (Å²) in [5.41, 5.74) is 3.46. The van der Waals surface area contributed by atoms with E-state index in [0.717, 1.165) is 27.8 Å². The van der Waals surface area contributed by atoms with Gasteiger partial charge in [0.15, 0.2) is 0 Å². The Kier molecular flexibility index (Phi) is 2.45. The van der Waals surface area contributed by atoms with Gasteiger partial charge in [0, 0.05) is 10.6 Å². The highest BCUT2D eigenvalue weighted by atomic mass is 35.5. The molecule has 2 aromatic rings. The lowest BCUT2D eigenvalue weighted by Crippen LogP contribution is -2.44. The highest BCUT2D eigenvalue weighted by molar-refractivity contribution is 6.30. The van der Waals surface area contributed by atoms with Gasteiger partial charge >= 0.3 is 0 Å². The summed E-state index contributed by atoms with van der Waals surface area (Å²) in [5, 5.41) is 12.0. The number of aliphatic hydroxyl groups is 1. The van der Waals surface area contributed by atoms with Crippen molar-refractivity contribution in [3.63, 3.8) is 0 Å². The molecule has 2 heterocycles. The van der Waals surface area contributed by atoms with Gasteiger partial charge in [-0.15, -0.1) is 0 Å².